The molecule has 0 spiro atoms. The average Bonchev–Trinajstić information content (AvgIpc) is 3.09. The molecule has 1 amide bonds. The van der Waals surface area contributed by atoms with Crippen LogP contribution < -0.4 is 5.32 Å². The highest BCUT2D eigenvalue weighted by Crippen LogP contribution is 2.19. The topological polar surface area (TPSA) is 32.3 Å². The number of amides is 1. The van der Waals surface area contributed by atoms with Crippen LogP contribution in [0.15, 0.2) is 54.6 Å². The quantitative estimate of drug-likeness (QED) is 0.883. The summed E-state index contributed by atoms with van der Waals surface area (Å²) in [6.45, 7) is 4.68. The number of rotatable bonds is 6. The summed E-state index contributed by atoms with van der Waals surface area (Å²) < 4.78 is 0. The number of aryl methyl sites for hydroxylation is 1. The molecule has 0 radical (unpaired) electrons. The van der Waals surface area contributed by atoms with Crippen LogP contribution >= 0.6 is 0 Å². The van der Waals surface area contributed by atoms with E-state index in [1.54, 1.807) is 0 Å². The first-order chi connectivity index (χ1) is 11.7. The largest absolute Gasteiger partial charge is 0.348 e. The first-order valence-corrected chi connectivity index (χ1v) is 8.83. The predicted octanol–water partition coefficient (Wildman–Crippen LogP) is 3.49. The second-order valence-electron chi connectivity index (χ2n) is 6.70. The minimum atomic E-state index is 0.0168. The molecule has 0 aliphatic carbocycles. The maximum Gasteiger partial charge on any atom is 0.234 e. The molecule has 1 aliphatic heterocycles. The Morgan fingerprint density at radius 3 is 2.38 bits per heavy atom. The maximum absolute atomic E-state index is 12.5. The molecule has 1 aliphatic rings. The number of benzene rings is 2. The molecule has 0 saturated carbocycles. The molecule has 1 saturated heterocycles. The van der Waals surface area contributed by atoms with E-state index in [9.17, 15) is 4.79 Å². The second-order valence-corrected chi connectivity index (χ2v) is 6.70. The number of hydrogen-bond donors (Lipinski definition) is 1. The van der Waals surface area contributed by atoms with Gasteiger partial charge in [-0.1, -0.05) is 60.2 Å². The van der Waals surface area contributed by atoms with Crippen molar-refractivity contribution in [3.05, 3.63) is 71.3 Å². The fourth-order valence-corrected chi connectivity index (χ4v) is 3.28. The Hall–Kier alpha value is -2.13. The molecule has 1 unspecified atom stereocenters. The average molecular weight is 322 g/mol. The predicted molar refractivity (Wildman–Crippen MR) is 97.9 cm³/mol. The maximum atomic E-state index is 12.5. The summed E-state index contributed by atoms with van der Waals surface area (Å²) in [6.07, 6.45) is 3.23. The van der Waals surface area contributed by atoms with Crippen LogP contribution in [0.1, 0.15) is 35.6 Å². The zero-order chi connectivity index (χ0) is 16.8. The lowest BCUT2D eigenvalue weighted by Crippen LogP contribution is -2.38. The zero-order valence-corrected chi connectivity index (χ0v) is 14.4. The van der Waals surface area contributed by atoms with Gasteiger partial charge in [-0.2, -0.15) is 0 Å². The smallest absolute Gasteiger partial charge is 0.234 e. The van der Waals surface area contributed by atoms with Crippen molar-refractivity contribution >= 4 is 5.91 Å². The highest BCUT2D eigenvalue weighted by molar-refractivity contribution is 5.78. The van der Waals surface area contributed by atoms with Gasteiger partial charge >= 0.3 is 0 Å². The molecule has 0 aromatic heterocycles. The number of carbonyl (C=O) groups excluding carboxylic acids is 1. The van der Waals surface area contributed by atoms with Gasteiger partial charge in [0.15, 0.2) is 0 Å². The van der Waals surface area contributed by atoms with Gasteiger partial charge in [-0.05, 0) is 50.4 Å². The molecule has 3 heteroatoms. The van der Waals surface area contributed by atoms with Gasteiger partial charge in [-0.25, -0.2) is 0 Å². The van der Waals surface area contributed by atoms with Crippen molar-refractivity contribution in [3.8, 4) is 0 Å². The molecule has 126 valence electrons. The molecule has 3 rings (SSSR count). The normalized spacial score (nSPS) is 16.0. The summed E-state index contributed by atoms with van der Waals surface area (Å²) in [6, 6.07) is 18.8. The van der Waals surface area contributed by atoms with Crippen molar-refractivity contribution in [1.82, 2.24) is 10.2 Å². The Morgan fingerprint density at radius 1 is 1.04 bits per heavy atom. The SMILES string of the molecule is Cc1ccc(C(Cc2ccccc2)NC(=O)CN2CCCC2)cc1. The fourth-order valence-electron chi connectivity index (χ4n) is 3.28. The van der Waals surface area contributed by atoms with Gasteiger partial charge in [-0.3, -0.25) is 9.69 Å². The van der Waals surface area contributed by atoms with Gasteiger partial charge < -0.3 is 5.32 Å². The standard InChI is InChI=1S/C21H26N2O/c1-17-9-11-19(12-10-17)20(15-18-7-3-2-4-8-18)22-21(24)16-23-13-5-6-14-23/h2-4,7-12,20H,5-6,13-16H2,1H3,(H,22,24). The summed E-state index contributed by atoms with van der Waals surface area (Å²) in [5, 5.41) is 3.25. The monoisotopic (exact) mass is 322 g/mol. The zero-order valence-electron chi connectivity index (χ0n) is 14.4. The number of hydrogen-bond acceptors (Lipinski definition) is 2. The number of carbonyl (C=O) groups is 1. The molecule has 3 nitrogen and oxygen atoms in total. The summed E-state index contributed by atoms with van der Waals surface area (Å²) in [7, 11) is 0. The van der Waals surface area contributed by atoms with E-state index in [4.69, 9.17) is 0 Å². The van der Waals surface area contributed by atoms with E-state index in [0.29, 0.717) is 6.54 Å². The van der Waals surface area contributed by atoms with Gasteiger partial charge in [0.2, 0.25) is 5.91 Å². The van der Waals surface area contributed by atoms with E-state index < -0.39 is 0 Å². The molecular weight excluding hydrogens is 296 g/mol. The van der Waals surface area contributed by atoms with Crippen molar-refractivity contribution in [2.24, 2.45) is 0 Å². The Kier molecular flexibility index (Phi) is 5.65. The molecule has 1 atom stereocenters. The third-order valence-corrected chi connectivity index (χ3v) is 4.66. The van der Waals surface area contributed by atoms with Gasteiger partial charge in [0, 0.05) is 0 Å². The van der Waals surface area contributed by atoms with E-state index in [0.717, 1.165) is 19.5 Å². The molecule has 0 bridgehead atoms. The van der Waals surface area contributed by atoms with Crippen LogP contribution in [0.2, 0.25) is 0 Å². The van der Waals surface area contributed by atoms with Crippen molar-refractivity contribution in [2.45, 2.75) is 32.2 Å². The number of nitrogens with zero attached hydrogens (tertiary/aromatic N) is 1. The minimum Gasteiger partial charge on any atom is -0.348 e. The van der Waals surface area contributed by atoms with Crippen LogP contribution in [-0.4, -0.2) is 30.4 Å². The summed E-state index contributed by atoms with van der Waals surface area (Å²) in [5.74, 6) is 0.124. The van der Waals surface area contributed by atoms with Crippen LogP contribution in [0.3, 0.4) is 0 Å². The second kappa shape index (κ2) is 8.11. The van der Waals surface area contributed by atoms with Crippen LogP contribution in [0.4, 0.5) is 0 Å². The highest BCUT2D eigenvalue weighted by Gasteiger charge is 2.19. The van der Waals surface area contributed by atoms with Crippen molar-refractivity contribution < 1.29 is 4.79 Å². The van der Waals surface area contributed by atoms with E-state index in [2.05, 4.69) is 53.5 Å². The minimum absolute atomic E-state index is 0.0168. The van der Waals surface area contributed by atoms with Crippen LogP contribution in [0.5, 0.6) is 0 Å². The number of nitrogens with one attached hydrogen (secondary N) is 1. The van der Waals surface area contributed by atoms with Gasteiger partial charge in [0.1, 0.15) is 0 Å². The van der Waals surface area contributed by atoms with E-state index in [1.165, 1.54) is 29.5 Å². The Balaban J connectivity index is 1.71. The van der Waals surface area contributed by atoms with Crippen molar-refractivity contribution in [2.75, 3.05) is 19.6 Å². The lowest BCUT2D eigenvalue weighted by Gasteiger charge is -2.22. The summed E-state index contributed by atoms with van der Waals surface area (Å²) in [4.78, 5) is 14.7. The number of likely N-dealkylation sites (tertiary alicyclic amines) is 1. The van der Waals surface area contributed by atoms with E-state index in [1.807, 2.05) is 18.2 Å². The third kappa shape index (κ3) is 4.68. The molecule has 2 aromatic carbocycles. The molecule has 2 aromatic rings. The van der Waals surface area contributed by atoms with Crippen molar-refractivity contribution in [1.29, 1.82) is 0 Å². The van der Waals surface area contributed by atoms with Crippen LogP contribution in [-0.2, 0) is 11.2 Å². The summed E-state index contributed by atoms with van der Waals surface area (Å²) >= 11 is 0. The van der Waals surface area contributed by atoms with Crippen molar-refractivity contribution in [3.63, 3.8) is 0 Å². The Bertz CT molecular complexity index is 645. The van der Waals surface area contributed by atoms with Gasteiger partial charge in [0.25, 0.3) is 0 Å². The molecule has 1 fully saturated rings. The molecule has 1 heterocycles. The first kappa shape index (κ1) is 16.7. The van der Waals surface area contributed by atoms with Gasteiger partial charge in [0.05, 0.1) is 12.6 Å². The Labute approximate surface area is 144 Å². The fraction of sp³-hybridized carbons (Fsp3) is 0.381. The lowest BCUT2D eigenvalue weighted by atomic mass is 9.98. The third-order valence-electron chi connectivity index (χ3n) is 4.66. The molecular formula is C21H26N2O. The van der Waals surface area contributed by atoms with Crippen LogP contribution in [0, 0.1) is 6.92 Å². The van der Waals surface area contributed by atoms with E-state index >= 15 is 0 Å². The van der Waals surface area contributed by atoms with E-state index in [-0.39, 0.29) is 11.9 Å². The molecule has 1 N–H and O–H groups in total. The molecule has 24 heavy (non-hydrogen) atoms. The van der Waals surface area contributed by atoms with Crippen LogP contribution in [0.25, 0.3) is 0 Å². The highest BCUT2D eigenvalue weighted by atomic mass is 16.2. The Morgan fingerprint density at radius 2 is 1.71 bits per heavy atom. The lowest BCUT2D eigenvalue weighted by molar-refractivity contribution is -0.122. The van der Waals surface area contributed by atoms with Gasteiger partial charge in [-0.15, -0.1) is 0 Å². The summed E-state index contributed by atoms with van der Waals surface area (Å²) in [5.41, 5.74) is 3.64. The first-order valence-electron chi connectivity index (χ1n) is 8.83.